The summed E-state index contributed by atoms with van der Waals surface area (Å²) < 4.78 is 0. The van der Waals surface area contributed by atoms with Gasteiger partial charge in [0, 0.05) is 11.1 Å². The molecule has 1 heterocycles. The molecule has 1 aromatic rings. The Morgan fingerprint density at radius 1 is 1.25 bits per heavy atom. The second kappa shape index (κ2) is 1.88. The maximum Gasteiger partial charge on any atom is 0.0905 e. The molecule has 1 aliphatic carbocycles. The van der Waals surface area contributed by atoms with E-state index in [1.54, 1.807) is 0 Å². The maximum absolute atomic E-state index is 5.31. The van der Waals surface area contributed by atoms with Crippen LogP contribution in [0.2, 0.25) is 0 Å². The van der Waals surface area contributed by atoms with E-state index in [1.807, 2.05) is 0 Å². The van der Waals surface area contributed by atoms with E-state index in [-0.39, 0.29) is 5.41 Å². The number of nitrogens with one attached hydrogen (secondary N) is 1. The fraction of sp³-hybridized carbons (Fsp3) is 0.300. The first-order chi connectivity index (χ1) is 5.83. The highest BCUT2D eigenvalue weighted by Crippen LogP contribution is 2.55. The summed E-state index contributed by atoms with van der Waals surface area (Å²) in [5.74, 6) is 0. The summed E-state index contributed by atoms with van der Waals surface area (Å²) >= 11 is 5.31. The maximum atomic E-state index is 5.31. The monoisotopic (exact) mass is 175 g/mol. The van der Waals surface area contributed by atoms with Gasteiger partial charge < -0.3 is 5.32 Å². The summed E-state index contributed by atoms with van der Waals surface area (Å²) in [6, 6.07) is 8.44. The van der Waals surface area contributed by atoms with Crippen LogP contribution in [0.5, 0.6) is 0 Å². The fourth-order valence-electron chi connectivity index (χ4n) is 2.00. The first-order valence-electron chi connectivity index (χ1n) is 4.24. The van der Waals surface area contributed by atoms with Crippen molar-refractivity contribution in [2.45, 2.75) is 18.3 Å². The highest BCUT2D eigenvalue weighted by Gasteiger charge is 2.52. The van der Waals surface area contributed by atoms with Crippen molar-refractivity contribution in [2.75, 3.05) is 5.32 Å². The lowest BCUT2D eigenvalue weighted by atomic mass is 9.99. The number of benzene rings is 1. The van der Waals surface area contributed by atoms with Crippen molar-refractivity contribution in [3.05, 3.63) is 29.8 Å². The zero-order valence-electron chi connectivity index (χ0n) is 6.63. The van der Waals surface area contributed by atoms with Crippen molar-refractivity contribution >= 4 is 22.9 Å². The van der Waals surface area contributed by atoms with E-state index in [0.29, 0.717) is 0 Å². The third kappa shape index (κ3) is 0.619. The summed E-state index contributed by atoms with van der Waals surface area (Å²) in [5.41, 5.74) is 2.89. The lowest BCUT2D eigenvalue weighted by molar-refractivity contribution is 0.999. The molecule has 0 unspecified atom stereocenters. The Labute approximate surface area is 76.8 Å². The second-order valence-electron chi connectivity index (χ2n) is 3.58. The molecule has 0 atom stereocenters. The van der Waals surface area contributed by atoms with E-state index in [0.717, 1.165) is 4.99 Å². The van der Waals surface area contributed by atoms with Crippen molar-refractivity contribution in [1.29, 1.82) is 0 Å². The lowest BCUT2D eigenvalue weighted by Crippen LogP contribution is -2.15. The van der Waals surface area contributed by atoms with Gasteiger partial charge in [-0.15, -0.1) is 0 Å². The molecule has 1 N–H and O–H groups in total. The Morgan fingerprint density at radius 2 is 2.00 bits per heavy atom. The summed E-state index contributed by atoms with van der Waals surface area (Å²) in [5, 5.41) is 3.28. The molecule has 60 valence electrons. The van der Waals surface area contributed by atoms with E-state index in [9.17, 15) is 0 Å². The summed E-state index contributed by atoms with van der Waals surface area (Å²) in [6.45, 7) is 0. The Morgan fingerprint density at radius 3 is 2.75 bits per heavy atom. The van der Waals surface area contributed by atoms with Crippen LogP contribution in [0.3, 0.4) is 0 Å². The van der Waals surface area contributed by atoms with Crippen LogP contribution in [0.15, 0.2) is 24.3 Å². The summed E-state index contributed by atoms with van der Waals surface area (Å²) in [4.78, 5) is 1.03. The van der Waals surface area contributed by atoms with Gasteiger partial charge in [-0.3, -0.25) is 0 Å². The van der Waals surface area contributed by atoms with Gasteiger partial charge in [-0.05, 0) is 24.5 Å². The highest BCUT2D eigenvalue weighted by molar-refractivity contribution is 7.80. The summed E-state index contributed by atoms with van der Waals surface area (Å²) in [6.07, 6.45) is 2.46. The average molecular weight is 175 g/mol. The third-order valence-electron chi connectivity index (χ3n) is 2.88. The Hall–Kier alpha value is -0.890. The molecule has 0 amide bonds. The molecule has 1 nitrogen and oxygen atoms in total. The van der Waals surface area contributed by atoms with Crippen LogP contribution in [0.4, 0.5) is 5.69 Å². The van der Waals surface area contributed by atoms with Gasteiger partial charge in [-0.1, -0.05) is 30.4 Å². The van der Waals surface area contributed by atoms with E-state index >= 15 is 0 Å². The number of fused-ring (bicyclic) bond motifs is 2. The topological polar surface area (TPSA) is 12.0 Å². The molecule has 0 bridgehead atoms. The second-order valence-corrected chi connectivity index (χ2v) is 3.99. The number of hydrogen-bond donors (Lipinski definition) is 1. The Balaban J connectivity index is 2.26. The number of thiocarbonyl (C=S) groups is 1. The summed E-state index contributed by atoms with van der Waals surface area (Å²) in [7, 11) is 0. The lowest BCUT2D eigenvalue weighted by Gasteiger charge is -2.04. The molecule has 0 aromatic heterocycles. The predicted molar refractivity (Wildman–Crippen MR) is 53.6 cm³/mol. The highest BCUT2D eigenvalue weighted by atomic mass is 32.1. The van der Waals surface area contributed by atoms with Crippen molar-refractivity contribution in [3.8, 4) is 0 Å². The van der Waals surface area contributed by atoms with Crippen LogP contribution in [-0.4, -0.2) is 4.99 Å². The molecule has 12 heavy (non-hydrogen) atoms. The molecular weight excluding hydrogens is 166 g/mol. The van der Waals surface area contributed by atoms with Crippen molar-refractivity contribution in [2.24, 2.45) is 0 Å². The standard InChI is InChI=1S/C10H9NS/c12-9-10(5-6-10)7-3-1-2-4-8(7)11-9/h1-4H,5-6H2,(H,11,12). The van der Waals surface area contributed by atoms with Gasteiger partial charge in [0.1, 0.15) is 0 Å². The molecule has 0 saturated heterocycles. The van der Waals surface area contributed by atoms with Crippen LogP contribution in [-0.2, 0) is 5.41 Å². The van der Waals surface area contributed by atoms with Crippen molar-refractivity contribution < 1.29 is 0 Å². The first kappa shape index (κ1) is 6.61. The van der Waals surface area contributed by atoms with Crippen LogP contribution < -0.4 is 5.32 Å². The first-order valence-corrected chi connectivity index (χ1v) is 4.65. The zero-order chi connectivity index (χ0) is 8.18. The normalized spacial score (nSPS) is 22.2. The van der Waals surface area contributed by atoms with Gasteiger partial charge in [0.05, 0.1) is 4.99 Å². The van der Waals surface area contributed by atoms with Crippen LogP contribution >= 0.6 is 12.2 Å². The molecule has 1 spiro atoms. The minimum absolute atomic E-state index is 0.256. The van der Waals surface area contributed by atoms with Gasteiger partial charge in [0.25, 0.3) is 0 Å². The largest absolute Gasteiger partial charge is 0.349 e. The van der Waals surface area contributed by atoms with Gasteiger partial charge in [0.2, 0.25) is 0 Å². The van der Waals surface area contributed by atoms with Gasteiger partial charge in [-0.2, -0.15) is 0 Å². The van der Waals surface area contributed by atoms with E-state index in [4.69, 9.17) is 12.2 Å². The molecular formula is C10H9NS. The SMILES string of the molecule is S=C1Nc2ccccc2C12CC2. The minimum atomic E-state index is 0.256. The van der Waals surface area contributed by atoms with E-state index in [2.05, 4.69) is 29.6 Å². The smallest absolute Gasteiger partial charge is 0.0905 e. The quantitative estimate of drug-likeness (QED) is 0.608. The Kier molecular flexibility index (Phi) is 1.04. The number of para-hydroxylation sites is 1. The Bertz CT molecular complexity index is 366. The average Bonchev–Trinajstić information content (AvgIpc) is 2.80. The molecule has 2 aliphatic rings. The van der Waals surface area contributed by atoms with E-state index < -0.39 is 0 Å². The van der Waals surface area contributed by atoms with Gasteiger partial charge >= 0.3 is 0 Å². The molecule has 1 fully saturated rings. The number of rotatable bonds is 0. The molecule has 3 rings (SSSR count). The van der Waals surface area contributed by atoms with Gasteiger partial charge in [-0.25, -0.2) is 0 Å². The molecule has 1 aliphatic heterocycles. The number of anilines is 1. The van der Waals surface area contributed by atoms with Crippen LogP contribution in [0, 0.1) is 0 Å². The van der Waals surface area contributed by atoms with Crippen molar-refractivity contribution in [3.63, 3.8) is 0 Å². The van der Waals surface area contributed by atoms with Crippen LogP contribution in [0.25, 0.3) is 0 Å². The molecule has 2 heteroatoms. The fourth-order valence-corrected chi connectivity index (χ4v) is 2.42. The molecule has 1 saturated carbocycles. The van der Waals surface area contributed by atoms with Crippen molar-refractivity contribution in [1.82, 2.24) is 0 Å². The van der Waals surface area contributed by atoms with E-state index in [1.165, 1.54) is 24.1 Å². The van der Waals surface area contributed by atoms with Gasteiger partial charge in [0.15, 0.2) is 0 Å². The zero-order valence-corrected chi connectivity index (χ0v) is 7.45. The predicted octanol–water partition coefficient (Wildman–Crippen LogP) is 2.47. The minimum Gasteiger partial charge on any atom is -0.349 e. The molecule has 1 aromatic carbocycles. The number of hydrogen-bond acceptors (Lipinski definition) is 1. The third-order valence-corrected chi connectivity index (χ3v) is 3.37. The molecule has 0 radical (unpaired) electrons. The van der Waals surface area contributed by atoms with Crippen LogP contribution in [0.1, 0.15) is 18.4 Å².